The molecule has 0 radical (unpaired) electrons. The number of hydrogen-bond donors (Lipinski definition) is 2. The summed E-state index contributed by atoms with van der Waals surface area (Å²) in [5, 5.41) is 25.3. The average molecular weight is 346 g/mol. The molecule has 1 aromatic carbocycles. The highest BCUT2D eigenvalue weighted by Crippen LogP contribution is 2.23. The second-order valence-electron chi connectivity index (χ2n) is 5.17. The molecule has 0 aliphatic heterocycles. The van der Waals surface area contributed by atoms with Crippen LogP contribution in [-0.4, -0.2) is 30.6 Å². The number of nitro groups is 1. The van der Waals surface area contributed by atoms with E-state index in [1.54, 1.807) is 12.1 Å². The van der Waals surface area contributed by atoms with Gasteiger partial charge in [-0.2, -0.15) is 5.26 Å². The minimum absolute atomic E-state index is 0.0444. The summed E-state index contributed by atoms with van der Waals surface area (Å²) in [6.07, 6.45) is 4.15. The second kappa shape index (κ2) is 11.6. The molecule has 0 bridgehead atoms. The van der Waals surface area contributed by atoms with Gasteiger partial charge in [-0.05, 0) is 18.9 Å². The van der Waals surface area contributed by atoms with Crippen LogP contribution in [0.5, 0.6) is 0 Å². The van der Waals surface area contributed by atoms with Gasteiger partial charge in [-0.1, -0.05) is 25.5 Å². The summed E-state index contributed by atoms with van der Waals surface area (Å²) in [6, 6.07) is 7.53. The largest absolute Gasteiger partial charge is 0.390 e. The lowest BCUT2D eigenvalue weighted by molar-refractivity contribution is -0.383. The topological polar surface area (TPSA) is 117 Å². The monoisotopic (exact) mass is 346 g/mol. The summed E-state index contributed by atoms with van der Waals surface area (Å²) in [5.41, 5.74) is -0.349. The van der Waals surface area contributed by atoms with Gasteiger partial charge in [0, 0.05) is 32.0 Å². The fourth-order valence-corrected chi connectivity index (χ4v) is 1.88. The van der Waals surface area contributed by atoms with E-state index in [1.807, 2.05) is 0 Å². The van der Waals surface area contributed by atoms with Gasteiger partial charge in [-0.3, -0.25) is 14.9 Å². The van der Waals surface area contributed by atoms with Crippen LogP contribution in [0, 0.1) is 21.4 Å². The molecule has 0 heterocycles. The Balaban J connectivity index is 2.50. The number of amides is 1. The molecule has 2 N–H and O–H groups in total. The first-order valence-electron chi connectivity index (χ1n) is 8.06. The van der Waals surface area contributed by atoms with Gasteiger partial charge in [0.15, 0.2) is 0 Å². The Bertz CT molecular complexity index is 652. The Hall–Kier alpha value is -2.92. The van der Waals surface area contributed by atoms with Crippen LogP contribution in [0.4, 0.5) is 11.4 Å². The number of nitrogens with one attached hydrogen (secondary N) is 2. The van der Waals surface area contributed by atoms with Crippen molar-refractivity contribution in [1.29, 1.82) is 5.26 Å². The molecule has 0 unspecified atom stereocenters. The zero-order valence-electron chi connectivity index (χ0n) is 14.2. The zero-order valence-corrected chi connectivity index (χ0v) is 14.2. The van der Waals surface area contributed by atoms with E-state index in [1.165, 1.54) is 24.4 Å². The smallest absolute Gasteiger partial charge is 0.292 e. The normalized spacial score (nSPS) is 10.8. The highest BCUT2D eigenvalue weighted by molar-refractivity contribution is 6.07. The fourth-order valence-electron chi connectivity index (χ4n) is 1.88. The van der Waals surface area contributed by atoms with Crippen molar-refractivity contribution in [3.8, 4) is 6.07 Å². The molecule has 1 rings (SSSR count). The van der Waals surface area contributed by atoms with Crippen molar-refractivity contribution in [3.63, 3.8) is 0 Å². The van der Waals surface area contributed by atoms with Crippen LogP contribution in [-0.2, 0) is 9.53 Å². The number of rotatable bonds is 11. The van der Waals surface area contributed by atoms with Gasteiger partial charge >= 0.3 is 0 Å². The molecule has 0 saturated carbocycles. The van der Waals surface area contributed by atoms with Crippen LogP contribution in [0.25, 0.3) is 0 Å². The van der Waals surface area contributed by atoms with E-state index in [2.05, 4.69) is 17.6 Å². The second-order valence-corrected chi connectivity index (χ2v) is 5.17. The number of hydrogen-bond acceptors (Lipinski definition) is 6. The maximum absolute atomic E-state index is 12.1. The van der Waals surface area contributed by atoms with Gasteiger partial charge in [-0.15, -0.1) is 0 Å². The maximum atomic E-state index is 12.1. The molecular formula is C17H22N4O4. The third-order valence-corrected chi connectivity index (χ3v) is 3.21. The summed E-state index contributed by atoms with van der Waals surface area (Å²) in [7, 11) is 0. The first kappa shape index (κ1) is 20.1. The van der Waals surface area contributed by atoms with Gasteiger partial charge in [0.25, 0.3) is 11.6 Å². The van der Waals surface area contributed by atoms with Crippen molar-refractivity contribution in [3.05, 3.63) is 46.2 Å². The molecule has 1 amide bonds. The van der Waals surface area contributed by atoms with Gasteiger partial charge in [-0.25, -0.2) is 0 Å². The maximum Gasteiger partial charge on any atom is 0.292 e. The summed E-state index contributed by atoms with van der Waals surface area (Å²) < 4.78 is 5.40. The highest BCUT2D eigenvalue weighted by Gasteiger charge is 2.16. The predicted octanol–water partition coefficient (Wildman–Crippen LogP) is 2.74. The minimum atomic E-state index is -0.705. The SMILES string of the molecule is CCCCOCCCN/C=C(/C#N)C(=O)Nc1ccccc1[N+](=O)[O-]. The molecule has 0 atom stereocenters. The van der Waals surface area contributed by atoms with Crippen LogP contribution in [0.15, 0.2) is 36.0 Å². The first-order chi connectivity index (χ1) is 12.1. The third kappa shape index (κ3) is 7.46. The van der Waals surface area contributed by atoms with Gasteiger partial charge in [0.1, 0.15) is 17.3 Å². The Morgan fingerprint density at radius 2 is 2.08 bits per heavy atom. The molecule has 0 aliphatic rings. The van der Waals surface area contributed by atoms with Crippen molar-refractivity contribution in [2.24, 2.45) is 0 Å². The van der Waals surface area contributed by atoms with E-state index in [0.29, 0.717) is 13.2 Å². The van der Waals surface area contributed by atoms with E-state index in [4.69, 9.17) is 10.00 Å². The van der Waals surface area contributed by atoms with E-state index in [-0.39, 0.29) is 16.9 Å². The molecule has 0 fully saturated rings. The molecule has 134 valence electrons. The molecule has 8 nitrogen and oxygen atoms in total. The number of para-hydroxylation sites is 2. The van der Waals surface area contributed by atoms with E-state index in [9.17, 15) is 14.9 Å². The fraction of sp³-hybridized carbons (Fsp3) is 0.412. The number of unbranched alkanes of at least 4 members (excludes halogenated alkanes) is 1. The average Bonchev–Trinajstić information content (AvgIpc) is 2.60. The van der Waals surface area contributed by atoms with E-state index < -0.39 is 10.8 Å². The lowest BCUT2D eigenvalue weighted by Crippen LogP contribution is -2.18. The van der Waals surface area contributed by atoms with Gasteiger partial charge in [0.2, 0.25) is 0 Å². The van der Waals surface area contributed by atoms with Crippen molar-refractivity contribution < 1.29 is 14.5 Å². The summed E-state index contributed by atoms with van der Waals surface area (Å²) >= 11 is 0. The van der Waals surface area contributed by atoms with Gasteiger partial charge in [0.05, 0.1) is 4.92 Å². The Morgan fingerprint density at radius 1 is 1.36 bits per heavy atom. The molecule has 0 aliphatic carbocycles. The third-order valence-electron chi connectivity index (χ3n) is 3.21. The molecule has 25 heavy (non-hydrogen) atoms. The summed E-state index contributed by atoms with van der Waals surface area (Å²) in [6.45, 7) is 3.98. The molecule has 0 spiro atoms. The molecular weight excluding hydrogens is 324 g/mol. The molecule has 8 heteroatoms. The Kier molecular flexibility index (Phi) is 9.33. The number of nitriles is 1. The van der Waals surface area contributed by atoms with Crippen LogP contribution in [0.3, 0.4) is 0 Å². The molecule has 0 saturated heterocycles. The number of anilines is 1. The molecule has 0 aromatic heterocycles. The van der Waals surface area contributed by atoms with Gasteiger partial charge < -0.3 is 15.4 Å². The summed E-state index contributed by atoms with van der Waals surface area (Å²) in [5.74, 6) is -0.705. The predicted molar refractivity (Wildman–Crippen MR) is 93.8 cm³/mol. The lowest BCUT2D eigenvalue weighted by atomic mass is 10.2. The number of carbonyl (C=O) groups excluding carboxylic acids is 1. The van der Waals surface area contributed by atoms with E-state index in [0.717, 1.165) is 25.9 Å². The number of nitro benzene ring substituents is 1. The lowest BCUT2D eigenvalue weighted by Gasteiger charge is -2.06. The first-order valence-corrected chi connectivity index (χ1v) is 8.06. The minimum Gasteiger partial charge on any atom is -0.390 e. The Labute approximate surface area is 146 Å². The van der Waals surface area contributed by atoms with Crippen molar-refractivity contribution in [2.45, 2.75) is 26.2 Å². The van der Waals surface area contributed by atoms with Crippen LogP contribution in [0.2, 0.25) is 0 Å². The molecule has 1 aromatic rings. The Morgan fingerprint density at radius 3 is 2.76 bits per heavy atom. The van der Waals surface area contributed by atoms with Crippen molar-refractivity contribution in [2.75, 3.05) is 25.1 Å². The van der Waals surface area contributed by atoms with Crippen molar-refractivity contribution >= 4 is 17.3 Å². The highest BCUT2D eigenvalue weighted by atomic mass is 16.6. The zero-order chi connectivity index (χ0) is 18.5. The number of carbonyl (C=O) groups is 1. The van der Waals surface area contributed by atoms with Crippen molar-refractivity contribution in [1.82, 2.24) is 5.32 Å². The standard InChI is InChI=1S/C17H22N4O4/c1-2-3-10-25-11-6-9-19-13-14(12-18)17(22)20-15-7-4-5-8-16(15)21(23)24/h4-5,7-8,13,19H,2-3,6,9-11H2,1H3,(H,20,22)/b14-13-. The quantitative estimate of drug-likeness (QED) is 0.209. The van der Waals surface area contributed by atoms with Crippen LogP contribution >= 0.6 is 0 Å². The van der Waals surface area contributed by atoms with E-state index >= 15 is 0 Å². The summed E-state index contributed by atoms with van der Waals surface area (Å²) in [4.78, 5) is 22.4. The number of ether oxygens (including phenoxy) is 1. The van der Waals surface area contributed by atoms with Crippen LogP contribution < -0.4 is 10.6 Å². The number of benzene rings is 1. The van der Waals surface area contributed by atoms with Crippen LogP contribution in [0.1, 0.15) is 26.2 Å². The number of nitrogens with zero attached hydrogens (tertiary/aromatic N) is 2.